The number of halogens is 2. The molecule has 9 heteroatoms. The minimum absolute atomic E-state index is 0.0559. The fourth-order valence-corrected chi connectivity index (χ4v) is 2.56. The zero-order valence-electron chi connectivity index (χ0n) is 14.5. The Balaban J connectivity index is 2.07. The number of carbonyl (C=O) groups excluding carboxylic acids is 3. The topological polar surface area (TPSA) is 84.9 Å². The third-order valence-electron chi connectivity index (χ3n) is 3.94. The van der Waals surface area contributed by atoms with E-state index in [9.17, 15) is 23.2 Å². The van der Waals surface area contributed by atoms with Gasteiger partial charge in [-0.25, -0.2) is 4.79 Å². The van der Waals surface area contributed by atoms with E-state index in [2.05, 4.69) is 10.1 Å². The molecule has 0 saturated carbocycles. The molecule has 0 spiro atoms. The van der Waals surface area contributed by atoms with E-state index in [1.807, 2.05) is 6.92 Å². The second-order valence-electron chi connectivity index (χ2n) is 5.89. The molecule has 1 aliphatic heterocycles. The third kappa shape index (κ3) is 4.27. The van der Waals surface area contributed by atoms with Gasteiger partial charge < -0.3 is 14.8 Å². The summed E-state index contributed by atoms with van der Waals surface area (Å²) < 4.78 is 33.6. The summed E-state index contributed by atoms with van der Waals surface area (Å²) in [7, 11) is 0. The van der Waals surface area contributed by atoms with E-state index >= 15 is 0 Å². The SMILES string of the molecule is CCCOC(=O)CCN1C(=O)N[C@@](C)(c2ccc(OC(F)F)cc2)C1=O. The summed E-state index contributed by atoms with van der Waals surface area (Å²) in [6.07, 6.45) is 0.578. The first-order valence-corrected chi connectivity index (χ1v) is 8.13. The van der Waals surface area contributed by atoms with Gasteiger partial charge in [0.05, 0.1) is 13.0 Å². The highest BCUT2D eigenvalue weighted by Gasteiger charge is 2.48. The predicted octanol–water partition coefficient (Wildman–Crippen LogP) is 2.40. The van der Waals surface area contributed by atoms with Crippen LogP contribution in [0.3, 0.4) is 0 Å². The van der Waals surface area contributed by atoms with Crippen LogP contribution in [0, 0.1) is 0 Å². The average molecular weight is 370 g/mol. The molecule has 1 aromatic rings. The molecule has 1 heterocycles. The van der Waals surface area contributed by atoms with E-state index < -0.39 is 30.1 Å². The lowest BCUT2D eigenvalue weighted by Crippen LogP contribution is -2.41. The van der Waals surface area contributed by atoms with Crippen LogP contribution in [0.25, 0.3) is 0 Å². The lowest BCUT2D eigenvalue weighted by atomic mass is 9.92. The van der Waals surface area contributed by atoms with Gasteiger partial charge in [0.15, 0.2) is 0 Å². The molecule has 1 aromatic carbocycles. The number of ether oxygens (including phenoxy) is 2. The van der Waals surface area contributed by atoms with Crippen LogP contribution in [0.15, 0.2) is 24.3 Å². The molecular formula is C17H20F2N2O5. The van der Waals surface area contributed by atoms with E-state index in [1.54, 1.807) is 0 Å². The maximum Gasteiger partial charge on any atom is 0.387 e. The van der Waals surface area contributed by atoms with Crippen LogP contribution >= 0.6 is 0 Å². The molecule has 0 aliphatic carbocycles. The highest BCUT2D eigenvalue weighted by atomic mass is 19.3. The fourth-order valence-electron chi connectivity index (χ4n) is 2.56. The van der Waals surface area contributed by atoms with Crippen molar-refractivity contribution in [3.05, 3.63) is 29.8 Å². The Bertz CT molecular complexity index is 680. The van der Waals surface area contributed by atoms with Gasteiger partial charge in [0.2, 0.25) is 0 Å². The van der Waals surface area contributed by atoms with E-state index in [4.69, 9.17) is 4.74 Å². The van der Waals surface area contributed by atoms with Crippen molar-refractivity contribution >= 4 is 17.9 Å². The van der Waals surface area contributed by atoms with Gasteiger partial charge in [0, 0.05) is 6.54 Å². The average Bonchev–Trinajstić information content (AvgIpc) is 2.81. The van der Waals surface area contributed by atoms with Gasteiger partial charge in [0.1, 0.15) is 11.3 Å². The Morgan fingerprint density at radius 1 is 1.27 bits per heavy atom. The summed E-state index contributed by atoms with van der Waals surface area (Å²) in [4.78, 5) is 37.3. The molecule has 1 saturated heterocycles. The van der Waals surface area contributed by atoms with Gasteiger partial charge in [-0.15, -0.1) is 0 Å². The van der Waals surface area contributed by atoms with Crippen molar-refractivity contribution in [2.45, 2.75) is 38.8 Å². The molecule has 1 N–H and O–H groups in total. The van der Waals surface area contributed by atoms with Gasteiger partial charge in [-0.2, -0.15) is 8.78 Å². The van der Waals surface area contributed by atoms with Gasteiger partial charge in [-0.1, -0.05) is 19.1 Å². The summed E-state index contributed by atoms with van der Waals surface area (Å²) in [5.74, 6) is -1.08. The number of nitrogens with zero attached hydrogens (tertiary/aromatic N) is 1. The number of amides is 3. The van der Waals surface area contributed by atoms with Crippen LogP contribution in [0.1, 0.15) is 32.3 Å². The van der Waals surface area contributed by atoms with E-state index in [1.165, 1.54) is 31.2 Å². The largest absolute Gasteiger partial charge is 0.466 e. The van der Waals surface area contributed by atoms with Crippen LogP contribution < -0.4 is 10.1 Å². The first-order valence-electron chi connectivity index (χ1n) is 8.13. The molecule has 0 unspecified atom stereocenters. The molecule has 142 valence electrons. The smallest absolute Gasteiger partial charge is 0.387 e. The Morgan fingerprint density at radius 2 is 1.92 bits per heavy atom. The van der Waals surface area contributed by atoms with Crippen molar-refractivity contribution in [1.29, 1.82) is 0 Å². The van der Waals surface area contributed by atoms with Crippen molar-refractivity contribution in [3.8, 4) is 5.75 Å². The number of rotatable bonds is 8. The summed E-state index contributed by atoms with van der Waals surface area (Å²) in [6.45, 7) is 0.589. The maximum absolute atomic E-state index is 12.7. The normalized spacial score (nSPS) is 19.7. The molecule has 0 aromatic heterocycles. The highest BCUT2D eigenvalue weighted by Crippen LogP contribution is 2.30. The molecule has 0 bridgehead atoms. The number of hydrogen-bond donors (Lipinski definition) is 1. The summed E-state index contributed by atoms with van der Waals surface area (Å²) in [5.41, 5.74) is -0.943. The minimum atomic E-state index is -2.95. The Hall–Kier alpha value is -2.71. The van der Waals surface area contributed by atoms with E-state index in [0.717, 1.165) is 4.90 Å². The molecule has 1 fully saturated rings. The van der Waals surface area contributed by atoms with Gasteiger partial charge >= 0.3 is 18.6 Å². The monoisotopic (exact) mass is 370 g/mol. The molecule has 26 heavy (non-hydrogen) atoms. The highest BCUT2D eigenvalue weighted by molar-refractivity contribution is 6.07. The molecule has 7 nitrogen and oxygen atoms in total. The molecule has 0 radical (unpaired) electrons. The van der Waals surface area contributed by atoms with Crippen LogP contribution in [-0.2, 0) is 19.9 Å². The Labute approximate surface area is 149 Å². The number of esters is 1. The van der Waals surface area contributed by atoms with Gasteiger partial charge in [-0.05, 0) is 31.0 Å². The van der Waals surface area contributed by atoms with Crippen molar-refractivity contribution in [1.82, 2.24) is 10.2 Å². The second-order valence-corrected chi connectivity index (χ2v) is 5.89. The first-order chi connectivity index (χ1) is 12.3. The Morgan fingerprint density at radius 3 is 2.50 bits per heavy atom. The van der Waals surface area contributed by atoms with Crippen molar-refractivity contribution < 1.29 is 32.6 Å². The maximum atomic E-state index is 12.7. The standard InChI is InChI=1S/C17H20F2N2O5/c1-3-10-25-13(22)8-9-21-14(23)17(2,20-16(21)24)11-4-6-12(7-5-11)26-15(18)19/h4-7,15H,3,8-10H2,1-2H3,(H,20,24)/t17-/m0/s1. The molecule has 3 amide bonds. The number of alkyl halides is 2. The predicted molar refractivity (Wildman–Crippen MR) is 86.5 cm³/mol. The fraction of sp³-hybridized carbons (Fsp3) is 0.471. The second kappa shape index (κ2) is 8.11. The zero-order chi connectivity index (χ0) is 19.3. The van der Waals surface area contributed by atoms with Crippen molar-refractivity contribution in [2.24, 2.45) is 0 Å². The number of imide groups is 1. The van der Waals surface area contributed by atoms with E-state index in [-0.39, 0.29) is 25.3 Å². The lowest BCUT2D eigenvalue weighted by molar-refractivity contribution is -0.144. The van der Waals surface area contributed by atoms with Crippen molar-refractivity contribution in [2.75, 3.05) is 13.2 Å². The number of urea groups is 1. The van der Waals surface area contributed by atoms with Gasteiger partial charge in [0.25, 0.3) is 5.91 Å². The summed E-state index contributed by atoms with van der Waals surface area (Å²) in [5, 5.41) is 2.57. The van der Waals surface area contributed by atoms with Crippen LogP contribution in [0.4, 0.5) is 13.6 Å². The Kier molecular flexibility index (Phi) is 6.12. The first kappa shape index (κ1) is 19.6. The van der Waals surface area contributed by atoms with Crippen LogP contribution in [0.2, 0.25) is 0 Å². The lowest BCUT2D eigenvalue weighted by Gasteiger charge is -2.22. The number of nitrogens with one attached hydrogen (secondary N) is 1. The van der Waals surface area contributed by atoms with Gasteiger partial charge in [-0.3, -0.25) is 14.5 Å². The minimum Gasteiger partial charge on any atom is -0.466 e. The van der Waals surface area contributed by atoms with Crippen molar-refractivity contribution in [3.63, 3.8) is 0 Å². The van der Waals surface area contributed by atoms with Crippen LogP contribution in [-0.4, -0.2) is 42.6 Å². The zero-order valence-corrected chi connectivity index (χ0v) is 14.5. The molecule has 1 atom stereocenters. The third-order valence-corrected chi connectivity index (χ3v) is 3.94. The molecule has 1 aliphatic rings. The number of benzene rings is 1. The van der Waals surface area contributed by atoms with Crippen LogP contribution in [0.5, 0.6) is 5.75 Å². The summed E-state index contributed by atoms with van der Waals surface area (Å²) in [6, 6.07) is 4.80. The molecule has 2 rings (SSSR count). The van der Waals surface area contributed by atoms with E-state index in [0.29, 0.717) is 12.0 Å². The summed E-state index contributed by atoms with van der Waals surface area (Å²) >= 11 is 0. The quantitative estimate of drug-likeness (QED) is 0.561. The number of carbonyl (C=O) groups is 3. The number of hydrogen-bond acceptors (Lipinski definition) is 5. The molecular weight excluding hydrogens is 350 g/mol.